The number of methoxy groups -OCH3 is 1. The Hall–Kier alpha value is -4.18. The van der Waals surface area contributed by atoms with E-state index < -0.39 is 20.9 Å². The average Bonchev–Trinajstić information content (AvgIpc) is 3.37. The standard InChI is InChI=1S/C25H24N4O5S/c1-33-20-12-10-18(11-13-20)16-29(17-21-9-6-14-34-21)22-15-26-25(35(2,31)32)28-23(22)24(30)27-19-7-4-3-5-8-19/h3-15H,16-17H2,1-2H3,(H,27,30). The Bertz CT molecular complexity index is 1390. The Balaban J connectivity index is 1.76. The van der Waals surface area contributed by atoms with Crippen molar-refractivity contribution in [2.75, 3.05) is 23.6 Å². The van der Waals surface area contributed by atoms with E-state index in [4.69, 9.17) is 9.15 Å². The Morgan fingerprint density at radius 1 is 1.03 bits per heavy atom. The zero-order valence-electron chi connectivity index (χ0n) is 19.2. The maximum atomic E-state index is 13.3. The second-order valence-corrected chi connectivity index (χ2v) is 9.67. The van der Waals surface area contributed by atoms with Gasteiger partial charge in [-0.1, -0.05) is 30.3 Å². The molecule has 0 aliphatic heterocycles. The van der Waals surface area contributed by atoms with Gasteiger partial charge in [0.1, 0.15) is 11.5 Å². The number of carbonyl (C=O) groups excluding carboxylic acids is 1. The Morgan fingerprint density at radius 2 is 1.77 bits per heavy atom. The van der Waals surface area contributed by atoms with Gasteiger partial charge in [-0.2, -0.15) is 0 Å². The molecule has 0 atom stereocenters. The van der Waals surface area contributed by atoms with Gasteiger partial charge in [-0.3, -0.25) is 4.79 Å². The summed E-state index contributed by atoms with van der Waals surface area (Å²) in [5.41, 5.74) is 1.78. The van der Waals surface area contributed by atoms with Gasteiger partial charge in [0, 0.05) is 18.5 Å². The number of nitrogens with zero attached hydrogens (tertiary/aromatic N) is 3. The molecule has 2 aromatic carbocycles. The third kappa shape index (κ3) is 6.04. The van der Waals surface area contributed by atoms with Crippen molar-refractivity contribution in [3.05, 3.63) is 96.2 Å². The van der Waals surface area contributed by atoms with Crippen molar-refractivity contribution in [2.24, 2.45) is 0 Å². The quantitative estimate of drug-likeness (QED) is 0.350. The van der Waals surface area contributed by atoms with E-state index in [2.05, 4.69) is 15.3 Å². The second-order valence-electron chi connectivity index (χ2n) is 7.76. The van der Waals surface area contributed by atoms with Crippen molar-refractivity contribution in [3.8, 4) is 5.75 Å². The van der Waals surface area contributed by atoms with Crippen LogP contribution in [0, 0.1) is 0 Å². The Kier molecular flexibility index (Phi) is 7.11. The summed E-state index contributed by atoms with van der Waals surface area (Å²) >= 11 is 0. The molecule has 0 unspecified atom stereocenters. The number of furan rings is 1. The molecule has 180 valence electrons. The molecule has 0 spiro atoms. The maximum Gasteiger partial charge on any atom is 0.276 e. The minimum Gasteiger partial charge on any atom is -0.497 e. The number of aromatic nitrogens is 2. The van der Waals surface area contributed by atoms with Crippen LogP contribution in [0.1, 0.15) is 21.8 Å². The molecular formula is C25H24N4O5S. The van der Waals surface area contributed by atoms with E-state index in [1.807, 2.05) is 41.3 Å². The molecule has 1 amide bonds. The lowest BCUT2D eigenvalue weighted by atomic mass is 10.1. The molecule has 0 fully saturated rings. The zero-order chi connectivity index (χ0) is 24.8. The molecule has 0 aliphatic carbocycles. The van der Waals surface area contributed by atoms with Crippen molar-refractivity contribution in [1.82, 2.24) is 9.97 Å². The van der Waals surface area contributed by atoms with E-state index in [0.29, 0.717) is 30.2 Å². The van der Waals surface area contributed by atoms with E-state index in [1.165, 1.54) is 6.20 Å². The predicted octanol–water partition coefficient (Wildman–Crippen LogP) is 3.94. The van der Waals surface area contributed by atoms with Crippen molar-refractivity contribution in [1.29, 1.82) is 0 Å². The van der Waals surface area contributed by atoms with Crippen LogP contribution in [0.3, 0.4) is 0 Å². The summed E-state index contributed by atoms with van der Waals surface area (Å²) < 4.78 is 35.1. The fourth-order valence-electron chi connectivity index (χ4n) is 3.42. The monoisotopic (exact) mass is 492 g/mol. The largest absolute Gasteiger partial charge is 0.497 e. The number of rotatable bonds is 9. The van der Waals surface area contributed by atoms with E-state index in [9.17, 15) is 13.2 Å². The van der Waals surface area contributed by atoms with E-state index in [-0.39, 0.29) is 5.69 Å². The van der Waals surface area contributed by atoms with Gasteiger partial charge >= 0.3 is 0 Å². The lowest BCUT2D eigenvalue weighted by Crippen LogP contribution is -2.27. The van der Waals surface area contributed by atoms with Crippen molar-refractivity contribution < 1.29 is 22.4 Å². The Labute approximate surface area is 203 Å². The number of carbonyl (C=O) groups is 1. The number of sulfone groups is 1. The number of anilines is 2. The lowest BCUT2D eigenvalue weighted by Gasteiger charge is -2.25. The van der Waals surface area contributed by atoms with Crippen LogP contribution in [-0.2, 0) is 22.9 Å². The van der Waals surface area contributed by atoms with Gasteiger partial charge in [0.15, 0.2) is 5.69 Å². The number of amides is 1. The van der Waals surface area contributed by atoms with E-state index >= 15 is 0 Å². The maximum absolute atomic E-state index is 13.3. The number of ether oxygens (including phenoxy) is 1. The molecular weight excluding hydrogens is 468 g/mol. The average molecular weight is 493 g/mol. The van der Waals surface area contributed by atoms with Crippen LogP contribution >= 0.6 is 0 Å². The molecule has 10 heteroatoms. The first-order chi connectivity index (χ1) is 16.8. The van der Waals surface area contributed by atoms with Crippen LogP contribution in [0.2, 0.25) is 0 Å². The highest BCUT2D eigenvalue weighted by atomic mass is 32.2. The summed E-state index contributed by atoms with van der Waals surface area (Å²) in [4.78, 5) is 23.4. The summed E-state index contributed by atoms with van der Waals surface area (Å²) in [5, 5.41) is 2.35. The number of hydrogen-bond acceptors (Lipinski definition) is 8. The van der Waals surface area contributed by atoms with Gasteiger partial charge in [0.2, 0.25) is 15.0 Å². The normalized spacial score (nSPS) is 11.1. The third-order valence-corrected chi connectivity index (χ3v) is 5.99. The molecule has 4 rings (SSSR count). The number of benzene rings is 2. The number of para-hydroxylation sites is 1. The predicted molar refractivity (Wildman–Crippen MR) is 131 cm³/mol. The molecule has 9 nitrogen and oxygen atoms in total. The summed E-state index contributed by atoms with van der Waals surface area (Å²) in [6.45, 7) is 0.671. The molecule has 1 N–H and O–H groups in total. The number of hydrogen-bond donors (Lipinski definition) is 1. The van der Waals surface area contributed by atoms with Crippen LogP contribution < -0.4 is 15.0 Å². The molecule has 35 heavy (non-hydrogen) atoms. The number of nitrogens with one attached hydrogen (secondary N) is 1. The molecule has 4 aromatic rings. The van der Waals surface area contributed by atoms with Crippen molar-refractivity contribution in [3.63, 3.8) is 0 Å². The molecule has 0 saturated carbocycles. The minimum absolute atomic E-state index is 0.0654. The molecule has 2 aromatic heterocycles. The first-order valence-electron chi connectivity index (χ1n) is 10.7. The minimum atomic E-state index is -3.74. The topological polar surface area (TPSA) is 115 Å². The first kappa shape index (κ1) is 24.0. The summed E-state index contributed by atoms with van der Waals surface area (Å²) in [6, 6.07) is 19.9. The highest BCUT2D eigenvalue weighted by Gasteiger charge is 2.24. The van der Waals surface area contributed by atoms with Crippen LogP contribution in [0.5, 0.6) is 5.75 Å². The van der Waals surface area contributed by atoms with Crippen LogP contribution in [0.4, 0.5) is 11.4 Å². The summed E-state index contributed by atoms with van der Waals surface area (Å²) in [6.07, 6.45) is 3.92. The van der Waals surface area contributed by atoms with E-state index in [0.717, 1.165) is 17.6 Å². The molecule has 0 radical (unpaired) electrons. The highest BCUT2D eigenvalue weighted by Crippen LogP contribution is 2.26. The van der Waals surface area contributed by atoms with E-state index in [1.54, 1.807) is 43.7 Å². The van der Waals surface area contributed by atoms with Gasteiger partial charge in [-0.15, -0.1) is 0 Å². The molecule has 0 saturated heterocycles. The fraction of sp³-hybridized carbons (Fsp3) is 0.160. The molecule has 0 aliphatic rings. The molecule has 2 heterocycles. The highest BCUT2D eigenvalue weighted by molar-refractivity contribution is 7.90. The lowest BCUT2D eigenvalue weighted by molar-refractivity contribution is 0.102. The van der Waals surface area contributed by atoms with Gasteiger partial charge in [-0.05, 0) is 42.0 Å². The van der Waals surface area contributed by atoms with Crippen LogP contribution in [0.15, 0.2) is 88.8 Å². The fourth-order valence-corrected chi connectivity index (χ4v) is 3.92. The van der Waals surface area contributed by atoms with Crippen LogP contribution in [0.25, 0.3) is 0 Å². The summed E-state index contributed by atoms with van der Waals surface area (Å²) in [5.74, 6) is 0.813. The summed E-state index contributed by atoms with van der Waals surface area (Å²) in [7, 11) is -2.15. The SMILES string of the molecule is COc1ccc(CN(Cc2ccco2)c2cnc(S(C)(=O)=O)nc2C(=O)Nc2ccccc2)cc1. The van der Waals surface area contributed by atoms with Gasteiger partial charge < -0.3 is 19.4 Å². The van der Waals surface area contributed by atoms with Crippen molar-refractivity contribution >= 4 is 27.1 Å². The smallest absolute Gasteiger partial charge is 0.276 e. The van der Waals surface area contributed by atoms with Crippen LogP contribution in [-0.4, -0.2) is 37.7 Å². The van der Waals surface area contributed by atoms with Gasteiger partial charge in [-0.25, -0.2) is 18.4 Å². The first-order valence-corrected chi connectivity index (χ1v) is 12.6. The molecule has 0 bridgehead atoms. The van der Waals surface area contributed by atoms with Gasteiger partial charge in [0.25, 0.3) is 5.91 Å². The van der Waals surface area contributed by atoms with Gasteiger partial charge in [0.05, 0.1) is 31.8 Å². The van der Waals surface area contributed by atoms with Crippen molar-refractivity contribution in [2.45, 2.75) is 18.2 Å². The third-order valence-electron chi connectivity index (χ3n) is 5.13. The second kappa shape index (κ2) is 10.4. The Morgan fingerprint density at radius 3 is 2.40 bits per heavy atom. The zero-order valence-corrected chi connectivity index (χ0v) is 20.0.